The van der Waals surface area contributed by atoms with E-state index in [0.29, 0.717) is 11.5 Å². The Kier molecular flexibility index (Phi) is 4.07. The average Bonchev–Trinajstić information content (AvgIpc) is 2.46. The Morgan fingerprint density at radius 2 is 1.63 bits per heavy atom. The van der Waals surface area contributed by atoms with E-state index in [-0.39, 0.29) is 6.04 Å². The Morgan fingerprint density at radius 1 is 0.947 bits per heavy atom. The van der Waals surface area contributed by atoms with E-state index in [1.807, 2.05) is 30.3 Å². The SMILES string of the molecule is COc1cccc(C(N)c2ccc(C)cc2)c1OC. The van der Waals surface area contributed by atoms with Gasteiger partial charge >= 0.3 is 0 Å². The maximum Gasteiger partial charge on any atom is 0.165 e. The summed E-state index contributed by atoms with van der Waals surface area (Å²) in [4.78, 5) is 0. The molecule has 0 bridgehead atoms. The van der Waals surface area contributed by atoms with E-state index in [4.69, 9.17) is 15.2 Å². The van der Waals surface area contributed by atoms with Gasteiger partial charge in [-0.2, -0.15) is 0 Å². The minimum atomic E-state index is -0.231. The molecule has 19 heavy (non-hydrogen) atoms. The lowest BCUT2D eigenvalue weighted by Gasteiger charge is -2.18. The van der Waals surface area contributed by atoms with E-state index in [0.717, 1.165) is 11.1 Å². The summed E-state index contributed by atoms with van der Waals surface area (Å²) in [7, 11) is 3.25. The molecule has 2 aromatic rings. The highest BCUT2D eigenvalue weighted by Gasteiger charge is 2.17. The molecule has 0 aliphatic heterocycles. The van der Waals surface area contributed by atoms with Crippen LogP contribution >= 0.6 is 0 Å². The standard InChI is InChI=1S/C16H19NO2/c1-11-7-9-12(10-8-11)15(17)13-5-4-6-14(18-2)16(13)19-3/h4-10,15H,17H2,1-3H3. The van der Waals surface area contributed by atoms with Gasteiger partial charge in [0.25, 0.3) is 0 Å². The summed E-state index contributed by atoms with van der Waals surface area (Å²) in [5.41, 5.74) is 9.52. The van der Waals surface area contributed by atoms with Crippen LogP contribution in [0, 0.1) is 6.92 Å². The van der Waals surface area contributed by atoms with Gasteiger partial charge in [-0.25, -0.2) is 0 Å². The second-order valence-electron chi connectivity index (χ2n) is 4.47. The van der Waals surface area contributed by atoms with Crippen molar-refractivity contribution in [2.24, 2.45) is 5.73 Å². The molecule has 0 saturated carbocycles. The van der Waals surface area contributed by atoms with E-state index in [1.54, 1.807) is 14.2 Å². The molecule has 0 spiro atoms. The summed E-state index contributed by atoms with van der Waals surface area (Å²) in [5, 5.41) is 0. The Hall–Kier alpha value is -2.00. The van der Waals surface area contributed by atoms with Gasteiger partial charge in [-0.15, -0.1) is 0 Å². The first-order chi connectivity index (χ1) is 9.17. The third-order valence-corrected chi connectivity index (χ3v) is 3.20. The molecule has 2 N–H and O–H groups in total. The van der Waals surface area contributed by atoms with Crippen LogP contribution < -0.4 is 15.2 Å². The van der Waals surface area contributed by atoms with Gasteiger partial charge < -0.3 is 15.2 Å². The molecule has 3 nitrogen and oxygen atoms in total. The molecule has 0 saturated heterocycles. The first kappa shape index (κ1) is 13.4. The molecule has 2 rings (SSSR count). The number of hydrogen-bond acceptors (Lipinski definition) is 3. The largest absolute Gasteiger partial charge is 0.493 e. The van der Waals surface area contributed by atoms with Gasteiger partial charge in [-0.1, -0.05) is 42.0 Å². The first-order valence-corrected chi connectivity index (χ1v) is 6.20. The highest BCUT2D eigenvalue weighted by molar-refractivity contribution is 5.50. The van der Waals surface area contributed by atoms with E-state index >= 15 is 0 Å². The van der Waals surface area contributed by atoms with E-state index < -0.39 is 0 Å². The molecule has 0 aromatic heterocycles. The Bertz CT molecular complexity index is 549. The number of nitrogens with two attached hydrogens (primary N) is 1. The molecule has 0 heterocycles. The van der Waals surface area contributed by atoms with Crippen LogP contribution in [0.3, 0.4) is 0 Å². The normalized spacial score (nSPS) is 12.0. The van der Waals surface area contributed by atoms with Crippen molar-refractivity contribution in [2.75, 3.05) is 14.2 Å². The highest BCUT2D eigenvalue weighted by atomic mass is 16.5. The monoisotopic (exact) mass is 257 g/mol. The van der Waals surface area contributed by atoms with E-state index in [2.05, 4.69) is 19.1 Å². The topological polar surface area (TPSA) is 44.5 Å². The first-order valence-electron chi connectivity index (χ1n) is 6.20. The minimum Gasteiger partial charge on any atom is -0.493 e. The van der Waals surface area contributed by atoms with Gasteiger partial charge in [0.05, 0.1) is 20.3 Å². The molecule has 0 amide bonds. The summed E-state index contributed by atoms with van der Waals surface area (Å²) in [5.74, 6) is 1.39. The number of hydrogen-bond donors (Lipinski definition) is 1. The van der Waals surface area contributed by atoms with E-state index in [9.17, 15) is 0 Å². The predicted molar refractivity (Wildman–Crippen MR) is 76.8 cm³/mol. The second kappa shape index (κ2) is 5.76. The lowest BCUT2D eigenvalue weighted by molar-refractivity contribution is 0.350. The third-order valence-electron chi connectivity index (χ3n) is 3.20. The number of ether oxygens (including phenoxy) is 2. The molecule has 1 unspecified atom stereocenters. The van der Waals surface area contributed by atoms with Crippen LogP contribution in [0.2, 0.25) is 0 Å². The van der Waals surface area contributed by atoms with Gasteiger partial charge in [-0.05, 0) is 18.6 Å². The summed E-state index contributed by atoms with van der Waals surface area (Å²) >= 11 is 0. The molecule has 0 aliphatic carbocycles. The van der Waals surface area contributed by atoms with Crippen molar-refractivity contribution in [1.82, 2.24) is 0 Å². The number of aryl methyl sites for hydroxylation is 1. The smallest absolute Gasteiger partial charge is 0.165 e. The molecule has 100 valence electrons. The van der Waals surface area contributed by atoms with Crippen LogP contribution in [0.15, 0.2) is 42.5 Å². The molecule has 0 radical (unpaired) electrons. The highest BCUT2D eigenvalue weighted by Crippen LogP contribution is 2.35. The third kappa shape index (κ3) is 2.71. The molecule has 1 atom stereocenters. The minimum absolute atomic E-state index is 0.231. The molecule has 3 heteroatoms. The zero-order valence-corrected chi connectivity index (χ0v) is 11.5. The van der Waals surface area contributed by atoms with Crippen molar-refractivity contribution in [3.05, 3.63) is 59.2 Å². The fourth-order valence-corrected chi connectivity index (χ4v) is 2.11. The Morgan fingerprint density at radius 3 is 2.21 bits per heavy atom. The van der Waals surface area contributed by atoms with Crippen molar-refractivity contribution in [2.45, 2.75) is 13.0 Å². The van der Waals surface area contributed by atoms with Crippen LogP contribution in [-0.4, -0.2) is 14.2 Å². The van der Waals surface area contributed by atoms with Gasteiger partial charge in [0.15, 0.2) is 11.5 Å². The second-order valence-corrected chi connectivity index (χ2v) is 4.47. The average molecular weight is 257 g/mol. The fraction of sp³-hybridized carbons (Fsp3) is 0.250. The fourth-order valence-electron chi connectivity index (χ4n) is 2.11. The van der Waals surface area contributed by atoms with Crippen LogP contribution in [0.25, 0.3) is 0 Å². The van der Waals surface area contributed by atoms with E-state index in [1.165, 1.54) is 5.56 Å². The van der Waals surface area contributed by atoms with Gasteiger partial charge in [0.1, 0.15) is 0 Å². The Labute approximate surface area is 114 Å². The van der Waals surface area contributed by atoms with Crippen molar-refractivity contribution in [3.8, 4) is 11.5 Å². The summed E-state index contributed by atoms with van der Waals surface area (Å²) in [6.45, 7) is 2.06. The zero-order valence-electron chi connectivity index (χ0n) is 11.5. The molecule has 0 aliphatic rings. The summed E-state index contributed by atoms with van der Waals surface area (Å²) in [6.07, 6.45) is 0. The van der Waals surface area contributed by atoms with Crippen LogP contribution in [-0.2, 0) is 0 Å². The van der Waals surface area contributed by atoms with Gasteiger partial charge in [0, 0.05) is 5.56 Å². The van der Waals surface area contributed by atoms with Crippen molar-refractivity contribution in [1.29, 1.82) is 0 Å². The van der Waals surface area contributed by atoms with Crippen molar-refractivity contribution in [3.63, 3.8) is 0 Å². The lowest BCUT2D eigenvalue weighted by atomic mass is 9.97. The molecular formula is C16H19NO2. The molecule has 0 fully saturated rings. The maximum atomic E-state index is 6.33. The predicted octanol–water partition coefficient (Wildman–Crippen LogP) is 3.06. The molecule has 2 aromatic carbocycles. The quantitative estimate of drug-likeness (QED) is 0.915. The van der Waals surface area contributed by atoms with Gasteiger partial charge in [-0.3, -0.25) is 0 Å². The van der Waals surface area contributed by atoms with Crippen LogP contribution in [0.5, 0.6) is 11.5 Å². The van der Waals surface area contributed by atoms with Crippen molar-refractivity contribution < 1.29 is 9.47 Å². The summed E-state index contributed by atoms with van der Waals surface area (Å²) < 4.78 is 10.7. The van der Waals surface area contributed by atoms with Crippen LogP contribution in [0.1, 0.15) is 22.7 Å². The maximum absolute atomic E-state index is 6.33. The number of rotatable bonds is 4. The van der Waals surface area contributed by atoms with Crippen molar-refractivity contribution >= 4 is 0 Å². The Balaban J connectivity index is 2.43. The molecular weight excluding hydrogens is 238 g/mol. The van der Waals surface area contributed by atoms with Gasteiger partial charge in [0.2, 0.25) is 0 Å². The van der Waals surface area contributed by atoms with Crippen LogP contribution in [0.4, 0.5) is 0 Å². The number of para-hydroxylation sites is 1. The number of benzene rings is 2. The number of methoxy groups -OCH3 is 2. The zero-order chi connectivity index (χ0) is 13.8. The summed E-state index contributed by atoms with van der Waals surface area (Å²) in [6, 6.07) is 13.7. The lowest BCUT2D eigenvalue weighted by Crippen LogP contribution is -2.13.